The van der Waals surface area contributed by atoms with Crippen LogP contribution < -0.4 is 5.32 Å². The third-order valence-electron chi connectivity index (χ3n) is 4.44. The second kappa shape index (κ2) is 7.27. The lowest BCUT2D eigenvalue weighted by Crippen LogP contribution is -2.51. The van der Waals surface area contributed by atoms with Crippen LogP contribution in [-0.4, -0.2) is 47.3 Å². The molecule has 7 nitrogen and oxygen atoms in total. The quantitative estimate of drug-likeness (QED) is 0.845. The number of nitrogens with one attached hydrogen (secondary N) is 1. The van der Waals surface area contributed by atoms with Crippen LogP contribution in [-0.2, 0) is 16.4 Å². The van der Waals surface area contributed by atoms with Gasteiger partial charge in [-0.05, 0) is 33.1 Å². The van der Waals surface area contributed by atoms with Crippen molar-refractivity contribution in [3.05, 3.63) is 11.8 Å². The molecule has 1 fully saturated rings. The molecule has 0 aliphatic carbocycles. The highest BCUT2D eigenvalue weighted by atomic mass is 32.2. The number of nitrogens with zero attached hydrogens (tertiary/aromatic N) is 3. The van der Waals surface area contributed by atoms with E-state index in [9.17, 15) is 8.42 Å². The zero-order valence-corrected chi connectivity index (χ0v) is 15.4. The Hall–Kier alpha value is -0.990. The van der Waals surface area contributed by atoms with Crippen LogP contribution in [0.5, 0.6) is 0 Å². The number of rotatable bonds is 6. The Morgan fingerprint density at radius 1 is 1.35 bits per heavy atom. The molecule has 1 aliphatic heterocycles. The standard InChI is InChI=1S/C15H28N4O3S/c1-6-14-17-18-15(22-14)12(5)16-13-7-8-19(9-11(13)4)23(20,21)10(2)3/h10-13,16H,6-9H2,1-5H3/t11-,12+,13+/m1/s1. The third kappa shape index (κ3) is 4.10. The first-order valence-electron chi connectivity index (χ1n) is 8.33. The molecule has 8 heteroatoms. The van der Waals surface area contributed by atoms with E-state index < -0.39 is 10.0 Å². The summed E-state index contributed by atoms with van der Waals surface area (Å²) in [5.41, 5.74) is 0. The molecular formula is C15H28N4O3S. The van der Waals surface area contributed by atoms with Gasteiger partial charge in [0, 0.05) is 25.6 Å². The van der Waals surface area contributed by atoms with Gasteiger partial charge in [-0.25, -0.2) is 12.7 Å². The van der Waals surface area contributed by atoms with Crippen LogP contribution in [0, 0.1) is 5.92 Å². The van der Waals surface area contributed by atoms with Crippen LogP contribution in [0.2, 0.25) is 0 Å². The summed E-state index contributed by atoms with van der Waals surface area (Å²) in [4.78, 5) is 0. The van der Waals surface area contributed by atoms with Gasteiger partial charge in [-0.15, -0.1) is 10.2 Å². The topological polar surface area (TPSA) is 88.3 Å². The molecule has 1 saturated heterocycles. The third-order valence-corrected chi connectivity index (χ3v) is 6.69. The van der Waals surface area contributed by atoms with E-state index in [0.717, 1.165) is 12.8 Å². The Kier molecular flexibility index (Phi) is 5.80. The zero-order chi connectivity index (χ0) is 17.2. The van der Waals surface area contributed by atoms with E-state index in [0.29, 0.717) is 24.9 Å². The van der Waals surface area contributed by atoms with Crippen molar-refractivity contribution in [3.8, 4) is 0 Å². The molecule has 3 atom stereocenters. The molecule has 0 aromatic carbocycles. The van der Waals surface area contributed by atoms with E-state index in [4.69, 9.17) is 4.42 Å². The minimum atomic E-state index is -3.17. The zero-order valence-electron chi connectivity index (χ0n) is 14.6. The summed E-state index contributed by atoms with van der Waals surface area (Å²) in [6.45, 7) is 10.6. The minimum Gasteiger partial charge on any atom is -0.424 e. The summed E-state index contributed by atoms with van der Waals surface area (Å²) in [5, 5.41) is 11.2. The van der Waals surface area contributed by atoms with Crippen molar-refractivity contribution < 1.29 is 12.8 Å². The van der Waals surface area contributed by atoms with Crippen molar-refractivity contribution in [3.63, 3.8) is 0 Å². The predicted octanol–water partition coefficient (Wildman–Crippen LogP) is 1.73. The maximum atomic E-state index is 12.3. The summed E-state index contributed by atoms with van der Waals surface area (Å²) >= 11 is 0. The van der Waals surface area contributed by atoms with Crippen molar-refractivity contribution in [1.29, 1.82) is 0 Å². The molecule has 1 aromatic heterocycles. The minimum absolute atomic E-state index is 0.0384. The summed E-state index contributed by atoms with van der Waals surface area (Å²) < 4.78 is 31.8. The van der Waals surface area contributed by atoms with E-state index >= 15 is 0 Å². The number of hydrogen-bond donors (Lipinski definition) is 1. The maximum Gasteiger partial charge on any atom is 0.233 e. The van der Waals surface area contributed by atoms with E-state index in [1.807, 2.05) is 13.8 Å². The summed E-state index contributed by atoms with van der Waals surface area (Å²) in [6, 6.07) is 0.198. The van der Waals surface area contributed by atoms with Crippen LogP contribution in [0.1, 0.15) is 58.9 Å². The number of sulfonamides is 1. The molecular weight excluding hydrogens is 316 g/mol. The maximum absolute atomic E-state index is 12.3. The van der Waals surface area contributed by atoms with Crippen LogP contribution >= 0.6 is 0 Å². The fourth-order valence-electron chi connectivity index (χ4n) is 2.86. The summed E-state index contributed by atoms with van der Waals surface area (Å²) in [5.74, 6) is 1.46. The number of aromatic nitrogens is 2. The molecule has 1 aliphatic rings. The molecule has 0 saturated carbocycles. The molecule has 0 bridgehead atoms. The smallest absolute Gasteiger partial charge is 0.233 e. The summed E-state index contributed by atoms with van der Waals surface area (Å²) in [6.07, 6.45) is 1.51. The number of aryl methyl sites for hydroxylation is 1. The van der Waals surface area contributed by atoms with Gasteiger partial charge in [0.1, 0.15) is 0 Å². The lowest BCUT2D eigenvalue weighted by molar-refractivity contribution is 0.202. The summed E-state index contributed by atoms with van der Waals surface area (Å²) in [7, 11) is -3.17. The predicted molar refractivity (Wildman–Crippen MR) is 88.4 cm³/mol. The van der Waals surface area contributed by atoms with Gasteiger partial charge in [0.2, 0.25) is 21.8 Å². The molecule has 0 radical (unpaired) electrons. The van der Waals surface area contributed by atoms with Gasteiger partial charge in [0.15, 0.2) is 0 Å². The normalized spacial score (nSPS) is 25.0. The van der Waals surface area contributed by atoms with Gasteiger partial charge in [0.25, 0.3) is 0 Å². The first-order chi connectivity index (χ1) is 10.8. The van der Waals surface area contributed by atoms with E-state index in [-0.39, 0.29) is 23.3 Å². The fraction of sp³-hybridized carbons (Fsp3) is 0.867. The highest BCUT2D eigenvalue weighted by Gasteiger charge is 2.34. The van der Waals surface area contributed by atoms with Crippen molar-refractivity contribution in [2.24, 2.45) is 5.92 Å². The van der Waals surface area contributed by atoms with E-state index in [2.05, 4.69) is 22.4 Å². The molecule has 1 N–H and O–H groups in total. The Morgan fingerprint density at radius 3 is 2.57 bits per heavy atom. The molecule has 0 amide bonds. The molecule has 132 valence electrons. The van der Waals surface area contributed by atoms with Gasteiger partial charge in [-0.3, -0.25) is 0 Å². The van der Waals surface area contributed by atoms with Crippen molar-refractivity contribution in [1.82, 2.24) is 19.8 Å². The lowest BCUT2D eigenvalue weighted by atomic mass is 9.94. The Bertz CT molecular complexity index is 614. The first-order valence-corrected chi connectivity index (χ1v) is 9.83. The van der Waals surface area contributed by atoms with Crippen LogP contribution in [0.25, 0.3) is 0 Å². The monoisotopic (exact) mass is 344 g/mol. The number of hydrogen-bond acceptors (Lipinski definition) is 6. The van der Waals surface area contributed by atoms with Crippen LogP contribution in [0.3, 0.4) is 0 Å². The molecule has 23 heavy (non-hydrogen) atoms. The van der Waals surface area contributed by atoms with Crippen molar-refractivity contribution >= 4 is 10.0 Å². The van der Waals surface area contributed by atoms with Crippen LogP contribution in [0.15, 0.2) is 4.42 Å². The second-order valence-corrected chi connectivity index (χ2v) is 9.09. The highest BCUT2D eigenvalue weighted by molar-refractivity contribution is 7.89. The number of piperidine rings is 1. The van der Waals surface area contributed by atoms with Gasteiger partial charge >= 0.3 is 0 Å². The molecule has 0 unspecified atom stereocenters. The average Bonchev–Trinajstić information content (AvgIpc) is 2.98. The van der Waals surface area contributed by atoms with Crippen LogP contribution in [0.4, 0.5) is 0 Å². The first kappa shape index (κ1) is 18.4. The highest BCUT2D eigenvalue weighted by Crippen LogP contribution is 2.24. The SMILES string of the molecule is CCc1nnc([C@H](C)N[C@H]2CCN(S(=O)(=O)C(C)C)C[C@H]2C)o1. The molecule has 0 spiro atoms. The van der Waals surface area contributed by atoms with Crippen molar-refractivity contribution in [2.45, 2.75) is 64.8 Å². The van der Waals surface area contributed by atoms with E-state index in [1.54, 1.807) is 18.2 Å². The molecule has 1 aromatic rings. The second-order valence-electron chi connectivity index (χ2n) is 6.60. The van der Waals surface area contributed by atoms with E-state index in [1.165, 1.54) is 0 Å². The Morgan fingerprint density at radius 2 is 2.04 bits per heavy atom. The lowest BCUT2D eigenvalue weighted by Gasteiger charge is -2.38. The molecule has 2 rings (SSSR count). The Balaban J connectivity index is 1.96. The van der Waals surface area contributed by atoms with Crippen molar-refractivity contribution in [2.75, 3.05) is 13.1 Å². The van der Waals surface area contributed by atoms with Gasteiger partial charge in [-0.1, -0.05) is 13.8 Å². The van der Waals surface area contributed by atoms with Gasteiger partial charge < -0.3 is 9.73 Å². The average molecular weight is 344 g/mol. The Labute approximate surface area is 138 Å². The fourth-order valence-corrected chi connectivity index (χ4v) is 4.26. The van der Waals surface area contributed by atoms with Gasteiger partial charge in [-0.2, -0.15) is 0 Å². The largest absolute Gasteiger partial charge is 0.424 e. The molecule has 2 heterocycles. The van der Waals surface area contributed by atoms with Gasteiger partial charge in [0.05, 0.1) is 11.3 Å².